The first kappa shape index (κ1) is 31.2. The van der Waals surface area contributed by atoms with E-state index in [-0.39, 0.29) is 18.2 Å². The van der Waals surface area contributed by atoms with Crippen LogP contribution in [0.1, 0.15) is 88.5 Å². The summed E-state index contributed by atoms with van der Waals surface area (Å²) in [6.07, 6.45) is 9.17. The zero-order valence-corrected chi connectivity index (χ0v) is 25.9. The van der Waals surface area contributed by atoms with Gasteiger partial charge in [-0.3, -0.25) is 4.79 Å². The van der Waals surface area contributed by atoms with Crippen molar-refractivity contribution in [2.24, 2.45) is 0 Å². The molecule has 6 rings (SSSR count). The summed E-state index contributed by atoms with van der Waals surface area (Å²) in [5.74, 6) is 1.18. The maximum atomic E-state index is 13.6. The van der Waals surface area contributed by atoms with Crippen molar-refractivity contribution in [2.45, 2.75) is 75.3 Å². The Morgan fingerprint density at radius 1 is 0.558 bits per heavy atom. The normalized spacial score (nSPS) is 21.4. The van der Waals surface area contributed by atoms with Crippen LogP contribution in [0.15, 0.2) is 109 Å². The summed E-state index contributed by atoms with van der Waals surface area (Å²) in [6, 6.07) is 39.4. The minimum absolute atomic E-state index is 0. The van der Waals surface area contributed by atoms with Crippen LogP contribution in [0.5, 0.6) is 0 Å². The van der Waals surface area contributed by atoms with Gasteiger partial charge in [-0.2, -0.15) is 0 Å². The van der Waals surface area contributed by atoms with Gasteiger partial charge >= 0.3 is 0 Å². The van der Waals surface area contributed by atoms with Crippen LogP contribution in [0.25, 0.3) is 0 Å². The molecule has 0 radical (unpaired) electrons. The molecular formula is C39H45ClN2O. The smallest absolute Gasteiger partial charge is 0.193 e. The molecule has 0 bridgehead atoms. The zero-order valence-electron chi connectivity index (χ0n) is 25.1. The molecule has 224 valence electrons. The van der Waals surface area contributed by atoms with Crippen LogP contribution in [0.2, 0.25) is 0 Å². The molecule has 3 nitrogen and oxygen atoms in total. The van der Waals surface area contributed by atoms with E-state index in [1.807, 2.05) is 12.1 Å². The molecule has 4 unspecified atom stereocenters. The van der Waals surface area contributed by atoms with E-state index in [1.165, 1.54) is 47.9 Å². The number of rotatable bonds is 12. The quantitative estimate of drug-likeness (QED) is 0.163. The van der Waals surface area contributed by atoms with Crippen LogP contribution in [-0.2, 0) is 12.8 Å². The molecule has 2 aliphatic rings. The Bertz CT molecular complexity index is 1330. The van der Waals surface area contributed by atoms with E-state index in [1.54, 1.807) is 0 Å². The predicted molar refractivity (Wildman–Crippen MR) is 181 cm³/mol. The van der Waals surface area contributed by atoms with E-state index >= 15 is 0 Å². The van der Waals surface area contributed by atoms with Gasteiger partial charge in [0.25, 0.3) is 0 Å². The molecule has 0 heterocycles. The SMILES string of the molecule is Cl.O=C(c1cccc(C2CCC(NCCc3ccccc3)C2)c1)c1cccc(C2CCC(NCCc3ccccc3)C2)c1. The van der Waals surface area contributed by atoms with Gasteiger partial charge in [-0.25, -0.2) is 0 Å². The fraction of sp³-hybridized carbons (Fsp3) is 0.359. The molecule has 0 saturated heterocycles. The highest BCUT2D eigenvalue weighted by Crippen LogP contribution is 2.36. The Balaban J connectivity index is 0.00000368. The van der Waals surface area contributed by atoms with E-state index in [4.69, 9.17) is 0 Å². The number of ketones is 1. The minimum Gasteiger partial charge on any atom is -0.314 e. The van der Waals surface area contributed by atoms with Crippen molar-refractivity contribution in [2.75, 3.05) is 13.1 Å². The lowest BCUT2D eigenvalue weighted by atomic mass is 9.91. The van der Waals surface area contributed by atoms with Crippen molar-refractivity contribution < 1.29 is 4.79 Å². The molecule has 2 aliphatic carbocycles. The van der Waals surface area contributed by atoms with Gasteiger partial charge in [-0.15, -0.1) is 12.4 Å². The van der Waals surface area contributed by atoms with Crippen molar-refractivity contribution in [1.82, 2.24) is 10.6 Å². The van der Waals surface area contributed by atoms with E-state index in [2.05, 4.69) is 108 Å². The van der Waals surface area contributed by atoms with Crippen LogP contribution in [0.4, 0.5) is 0 Å². The van der Waals surface area contributed by atoms with E-state index in [0.29, 0.717) is 23.9 Å². The lowest BCUT2D eigenvalue weighted by molar-refractivity contribution is 0.103. The Kier molecular flexibility index (Phi) is 11.2. The largest absolute Gasteiger partial charge is 0.314 e. The van der Waals surface area contributed by atoms with Gasteiger partial charge in [0.1, 0.15) is 0 Å². The number of benzene rings is 4. The van der Waals surface area contributed by atoms with E-state index in [9.17, 15) is 4.79 Å². The van der Waals surface area contributed by atoms with Crippen molar-refractivity contribution in [1.29, 1.82) is 0 Å². The van der Waals surface area contributed by atoms with Crippen molar-refractivity contribution in [3.05, 3.63) is 143 Å². The third kappa shape index (κ3) is 8.44. The summed E-state index contributed by atoms with van der Waals surface area (Å²) in [5, 5.41) is 7.55. The highest BCUT2D eigenvalue weighted by atomic mass is 35.5. The standard InChI is InChI=1S/C39H44N2O.ClH/c42-39(35-15-7-13-31(25-35)33-17-19-37(27-33)40-23-21-29-9-3-1-4-10-29)36-16-8-14-32(26-36)34-18-20-38(28-34)41-24-22-30-11-5-2-6-12-30;/h1-16,25-26,33-34,37-38,40-41H,17-24,27-28H2;1H. The molecule has 0 aliphatic heterocycles. The highest BCUT2D eigenvalue weighted by molar-refractivity contribution is 6.09. The van der Waals surface area contributed by atoms with E-state index in [0.717, 1.165) is 49.9 Å². The molecule has 2 N–H and O–H groups in total. The average molecular weight is 593 g/mol. The molecule has 0 aromatic heterocycles. The van der Waals surface area contributed by atoms with Crippen LogP contribution < -0.4 is 10.6 Å². The number of carbonyl (C=O) groups is 1. The summed E-state index contributed by atoms with van der Waals surface area (Å²) in [4.78, 5) is 13.6. The van der Waals surface area contributed by atoms with Crippen LogP contribution in [0, 0.1) is 0 Å². The van der Waals surface area contributed by atoms with Gasteiger partial charge in [0.2, 0.25) is 0 Å². The van der Waals surface area contributed by atoms with Gasteiger partial charge in [0.15, 0.2) is 5.78 Å². The molecule has 2 fully saturated rings. The van der Waals surface area contributed by atoms with Crippen molar-refractivity contribution >= 4 is 18.2 Å². The van der Waals surface area contributed by atoms with Gasteiger partial charge in [-0.1, -0.05) is 97.1 Å². The van der Waals surface area contributed by atoms with Gasteiger partial charge in [0, 0.05) is 23.2 Å². The monoisotopic (exact) mass is 592 g/mol. The second-order valence-electron chi connectivity index (χ2n) is 12.4. The summed E-state index contributed by atoms with van der Waals surface area (Å²) in [7, 11) is 0. The lowest BCUT2D eigenvalue weighted by Gasteiger charge is -2.15. The molecule has 43 heavy (non-hydrogen) atoms. The Morgan fingerprint density at radius 3 is 1.44 bits per heavy atom. The fourth-order valence-electron chi connectivity index (χ4n) is 7.10. The molecule has 0 amide bonds. The van der Waals surface area contributed by atoms with Crippen LogP contribution in [0.3, 0.4) is 0 Å². The number of hydrogen-bond acceptors (Lipinski definition) is 3. The second kappa shape index (κ2) is 15.5. The Morgan fingerprint density at radius 2 is 1.00 bits per heavy atom. The molecule has 2 saturated carbocycles. The predicted octanol–water partition coefficient (Wildman–Crippen LogP) is 8.28. The average Bonchev–Trinajstić information content (AvgIpc) is 3.72. The minimum atomic E-state index is 0. The maximum absolute atomic E-state index is 13.6. The number of hydrogen-bond donors (Lipinski definition) is 2. The molecule has 0 spiro atoms. The Labute approximate surface area is 263 Å². The summed E-state index contributed by atoms with van der Waals surface area (Å²) in [6.45, 7) is 2.03. The number of nitrogens with one attached hydrogen (secondary N) is 2. The molecule has 4 aromatic carbocycles. The molecule has 4 aromatic rings. The highest BCUT2D eigenvalue weighted by Gasteiger charge is 2.27. The third-order valence-electron chi connectivity index (χ3n) is 9.48. The first-order valence-corrected chi connectivity index (χ1v) is 16.0. The second-order valence-corrected chi connectivity index (χ2v) is 12.4. The summed E-state index contributed by atoms with van der Waals surface area (Å²) >= 11 is 0. The van der Waals surface area contributed by atoms with Crippen molar-refractivity contribution in [3.63, 3.8) is 0 Å². The number of halogens is 1. The molecule has 4 atom stereocenters. The molecular weight excluding hydrogens is 548 g/mol. The fourth-order valence-corrected chi connectivity index (χ4v) is 7.10. The van der Waals surface area contributed by atoms with Gasteiger partial charge < -0.3 is 10.6 Å². The van der Waals surface area contributed by atoms with Crippen molar-refractivity contribution in [3.8, 4) is 0 Å². The topological polar surface area (TPSA) is 41.1 Å². The third-order valence-corrected chi connectivity index (χ3v) is 9.48. The van der Waals surface area contributed by atoms with E-state index < -0.39 is 0 Å². The van der Waals surface area contributed by atoms with Gasteiger partial charge in [-0.05, 0) is 111 Å². The first-order valence-electron chi connectivity index (χ1n) is 16.0. The maximum Gasteiger partial charge on any atom is 0.193 e. The lowest BCUT2D eigenvalue weighted by Crippen LogP contribution is -2.28. The summed E-state index contributed by atoms with van der Waals surface area (Å²) < 4.78 is 0. The zero-order chi connectivity index (χ0) is 28.6. The first-order chi connectivity index (χ1) is 20.7. The summed E-state index contributed by atoms with van der Waals surface area (Å²) in [5.41, 5.74) is 7.03. The van der Waals surface area contributed by atoms with Crippen LogP contribution in [-0.4, -0.2) is 31.0 Å². The Hall–Kier alpha value is -3.24. The number of carbonyl (C=O) groups excluding carboxylic acids is 1. The molecule has 4 heteroatoms. The van der Waals surface area contributed by atoms with Crippen LogP contribution >= 0.6 is 12.4 Å². The van der Waals surface area contributed by atoms with Gasteiger partial charge in [0.05, 0.1) is 0 Å².